The number of fused-ring (bicyclic) bond motifs is 1. The summed E-state index contributed by atoms with van der Waals surface area (Å²) in [5, 5.41) is 8.17. The van der Waals surface area contributed by atoms with E-state index in [1.54, 1.807) is 0 Å². The first-order valence-electron chi connectivity index (χ1n) is 7.94. The number of hydrogen-bond donors (Lipinski definition) is 2. The fraction of sp³-hybridized carbons (Fsp3) is 0.471. The predicted molar refractivity (Wildman–Crippen MR) is 97.4 cm³/mol. The molecule has 2 saturated heterocycles. The lowest BCUT2D eigenvalue weighted by atomic mass is 10.2. The minimum absolute atomic E-state index is 0. The molecule has 2 atom stereocenters. The van der Waals surface area contributed by atoms with E-state index in [9.17, 15) is 0 Å². The lowest BCUT2D eigenvalue weighted by molar-refractivity contribution is 0.147. The number of nitrogens with one attached hydrogen (secondary N) is 1. The summed E-state index contributed by atoms with van der Waals surface area (Å²) in [6.45, 7) is 1.61. The molecule has 3 N–H and O–H groups in total. The fourth-order valence-corrected chi connectivity index (χ4v) is 8.86. The molecule has 0 radical (unpaired) electrons. The van der Waals surface area contributed by atoms with Gasteiger partial charge in [0.25, 0.3) is 0 Å². The van der Waals surface area contributed by atoms with E-state index < -0.39 is 10.0 Å². The molecular formula is C17H23ClN2O2S. The standard InChI is InChI=1S/C17H22N2O2S.ClH/c18-17(19)14-11-12-5-1-2-6-13(12)22(14,15-7-3-9-20-15)16-8-4-10-21-16;/h1-2,5-6,11,15-16H,3-4,7-10H2,(H3,18,19);1H. The van der Waals surface area contributed by atoms with Crippen molar-refractivity contribution >= 4 is 34.3 Å². The monoisotopic (exact) mass is 354 g/mol. The Morgan fingerprint density at radius 3 is 2.22 bits per heavy atom. The van der Waals surface area contributed by atoms with Gasteiger partial charge in [-0.1, -0.05) is 18.2 Å². The molecule has 0 amide bonds. The summed E-state index contributed by atoms with van der Waals surface area (Å²) in [4.78, 5) is 2.27. The predicted octanol–water partition coefficient (Wildman–Crippen LogP) is 3.84. The molecule has 23 heavy (non-hydrogen) atoms. The van der Waals surface area contributed by atoms with Crippen LogP contribution in [0.25, 0.3) is 6.08 Å². The average Bonchev–Trinajstić information content (AvgIpc) is 3.25. The van der Waals surface area contributed by atoms with Crippen molar-refractivity contribution in [3.05, 3.63) is 34.7 Å². The molecule has 0 aromatic heterocycles. The molecule has 0 bridgehead atoms. The van der Waals surface area contributed by atoms with Crippen LogP contribution in [0.4, 0.5) is 0 Å². The van der Waals surface area contributed by atoms with Gasteiger partial charge in [0, 0.05) is 23.0 Å². The largest absolute Gasteiger partial charge is 0.383 e. The van der Waals surface area contributed by atoms with Crippen LogP contribution in [-0.2, 0) is 9.47 Å². The average molecular weight is 355 g/mol. The third kappa shape index (κ3) is 2.41. The van der Waals surface area contributed by atoms with Crippen LogP contribution in [0, 0.1) is 5.41 Å². The third-order valence-corrected chi connectivity index (χ3v) is 9.37. The number of halogens is 1. The zero-order valence-electron chi connectivity index (χ0n) is 13.0. The highest BCUT2D eigenvalue weighted by molar-refractivity contribution is 8.38. The van der Waals surface area contributed by atoms with Crippen LogP contribution in [0.3, 0.4) is 0 Å². The second-order valence-electron chi connectivity index (χ2n) is 6.05. The Morgan fingerprint density at radius 2 is 1.70 bits per heavy atom. The second kappa shape index (κ2) is 6.48. The molecule has 1 aromatic carbocycles. The van der Waals surface area contributed by atoms with Gasteiger partial charge in [-0.05, 0) is 43.4 Å². The number of rotatable bonds is 3. The minimum atomic E-state index is -1.55. The maximum Gasteiger partial charge on any atom is 0.128 e. The molecule has 2 fully saturated rings. The zero-order chi connectivity index (χ0) is 15.2. The highest BCUT2D eigenvalue weighted by atomic mass is 35.5. The van der Waals surface area contributed by atoms with Crippen LogP contribution in [0.1, 0.15) is 31.2 Å². The van der Waals surface area contributed by atoms with Gasteiger partial charge in [-0.3, -0.25) is 5.41 Å². The maximum atomic E-state index is 8.17. The van der Waals surface area contributed by atoms with Gasteiger partial charge in [0.1, 0.15) is 5.84 Å². The zero-order valence-corrected chi connectivity index (χ0v) is 14.6. The normalized spacial score (nSPS) is 35.0. The first-order valence-corrected chi connectivity index (χ1v) is 9.70. The van der Waals surface area contributed by atoms with Crippen molar-refractivity contribution in [3.8, 4) is 0 Å². The van der Waals surface area contributed by atoms with Crippen molar-refractivity contribution in [3.63, 3.8) is 0 Å². The Hall–Kier alpha value is -1.01. The van der Waals surface area contributed by atoms with Crippen molar-refractivity contribution in [1.82, 2.24) is 0 Å². The molecule has 126 valence electrons. The molecule has 0 saturated carbocycles. The summed E-state index contributed by atoms with van der Waals surface area (Å²) >= 11 is 0. The summed E-state index contributed by atoms with van der Waals surface area (Å²) in [6.07, 6.45) is 6.34. The minimum Gasteiger partial charge on any atom is -0.383 e. The van der Waals surface area contributed by atoms with Gasteiger partial charge in [-0.15, -0.1) is 22.4 Å². The lowest BCUT2D eigenvalue weighted by Crippen LogP contribution is -2.32. The summed E-state index contributed by atoms with van der Waals surface area (Å²) in [5.41, 5.74) is 7.47. The van der Waals surface area contributed by atoms with E-state index in [0.717, 1.165) is 43.8 Å². The van der Waals surface area contributed by atoms with Gasteiger partial charge in [0.15, 0.2) is 0 Å². The smallest absolute Gasteiger partial charge is 0.128 e. The van der Waals surface area contributed by atoms with E-state index in [2.05, 4.69) is 24.3 Å². The Bertz CT molecular complexity index is 621. The van der Waals surface area contributed by atoms with Crippen molar-refractivity contribution in [2.75, 3.05) is 13.2 Å². The van der Waals surface area contributed by atoms with Crippen LogP contribution in [0.15, 0.2) is 34.1 Å². The van der Waals surface area contributed by atoms with E-state index in [1.807, 2.05) is 6.07 Å². The Labute approximate surface area is 144 Å². The first-order chi connectivity index (χ1) is 10.7. The van der Waals surface area contributed by atoms with Crippen LogP contribution in [0.2, 0.25) is 0 Å². The molecule has 1 aromatic rings. The summed E-state index contributed by atoms with van der Waals surface area (Å²) in [6, 6.07) is 8.45. The SMILES string of the molecule is Cl.N=C(N)C1=Cc2ccccc2S1(C1CCCO1)C1CCCO1. The highest BCUT2D eigenvalue weighted by Crippen LogP contribution is 2.76. The molecular weight excluding hydrogens is 332 g/mol. The number of nitrogens with two attached hydrogens (primary N) is 1. The lowest BCUT2D eigenvalue weighted by Gasteiger charge is -2.47. The highest BCUT2D eigenvalue weighted by Gasteiger charge is 2.52. The number of hydrogen-bond acceptors (Lipinski definition) is 3. The van der Waals surface area contributed by atoms with Gasteiger partial charge < -0.3 is 15.2 Å². The van der Waals surface area contributed by atoms with Crippen molar-refractivity contribution < 1.29 is 9.47 Å². The topological polar surface area (TPSA) is 68.3 Å². The van der Waals surface area contributed by atoms with E-state index in [4.69, 9.17) is 20.6 Å². The van der Waals surface area contributed by atoms with E-state index in [-0.39, 0.29) is 29.1 Å². The summed E-state index contributed by atoms with van der Waals surface area (Å²) in [5.74, 6) is 0.178. The van der Waals surface area contributed by atoms with Crippen molar-refractivity contribution in [2.45, 2.75) is 41.5 Å². The van der Waals surface area contributed by atoms with E-state index in [0.29, 0.717) is 0 Å². The van der Waals surface area contributed by atoms with Crippen LogP contribution in [-0.4, -0.2) is 29.9 Å². The molecule has 3 heterocycles. The van der Waals surface area contributed by atoms with Crippen molar-refractivity contribution in [2.24, 2.45) is 5.73 Å². The fourth-order valence-electron chi connectivity index (χ4n) is 3.94. The van der Waals surface area contributed by atoms with Crippen LogP contribution in [0.5, 0.6) is 0 Å². The maximum absolute atomic E-state index is 8.17. The Balaban J connectivity index is 0.00000156. The number of benzene rings is 1. The van der Waals surface area contributed by atoms with Crippen molar-refractivity contribution in [1.29, 1.82) is 5.41 Å². The third-order valence-electron chi connectivity index (χ3n) is 4.80. The molecule has 2 unspecified atom stereocenters. The van der Waals surface area contributed by atoms with Gasteiger partial charge in [0.2, 0.25) is 0 Å². The van der Waals surface area contributed by atoms with Gasteiger partial charge in [0.05, 0.1) is 10.9 Å². The van der Waals surface area contributed by atoms with Crippen LogP contribution < -0.4 is 5.73 Å². The molecule has 6 heteroatoms. The first kappa shape index (κ1) is 16.8. The second-order valence-corrected chi connectivity index (χ2v) is 9.41. The van der Waals surface area contributed by atoms with E-state index in [1.165, 1.54) is 10.5 Å². The molecule has 4 nitrogen and oxygen atoms in total. The van der Waals surface area contributed by atoms with E-state index >= 15 is 0 Å². The molecule has 3 aliphatic heterocycles. The summed E-state index contributed by atoms with van der Waals surface area (Å²) in [7, 11) is -1.55. The molecule has 3 aliphatic rings. The summed E-state index contributed by atoms with van der Waals surface area (Å²) < 4.78 is 12.3. The number of amidine groups is 1. The van der Waals surface area contributed by atoms with Crippen LogP contribution >= 0.6 is 22.4 Å². The molecule has 4 rings (SSSR count). The van der Waals surface area contributed by atoms with Gasteiger partial charge >= 0.3 is 0 Å². The molecule has 0 spiro atoms. The molecule has 0 aliphatic carbocycles. The van der Waals surface area contributed by atoms with Gasteiger partial charge in [-0.25, -0.2) is 0 Å². The quantitative estimate of drug-likeness (QED) is 0.640. The van der Waals surface area contributed by atoms with Gasteiger partial charge in [-0.2, -0.15) is 0 Å². The Kier molecular flexibility index (Phi) is 4.74. The Morgan fingerprint density at radius 1 is 1.09 bits per heavy atom. The number of ether oxygens (including phenoxy) is 2.